The van der Waals surface area contributed by atoms with Gasteiger partial charge in [-0.25, -0.2) is 19.3 Å². The minimum atomic E-state index is -0.693. The van der Waals surface area contributed by atoms with E-state index in [1.165, 1.54) is 6.33 Å². The number of para-hydroxylation sites is 1. The Balaban J connectivity index is 1.33. The lowest BCUT2D eigenvalue weighted by Gasteiger charge is -2.27. The SMILES string of the molecule is COc1cc(C2c3c(c4ccccc4oc3=O)Oc3ncn4nc(-c5ccccc5Cl)nc4c32)ccc1OCc1ccccc1. The first kappa shape index (κ1) is 26.9. The van der Waals surface area contributed by atoms with E-state index in [4.69, 9.17) is 35.2 Å². The molecule has 7 aromatic rings. The zero-order chi connectivity index (χ0) is 30.5. The van der Waals surface area contributed by atoms with Crippen LogP contribution in [0.3, 0.4) is 0 Å². The summed E-state index contributed by atoms with van der Waals surface area (Å²) in [6.07, 6.45) is 1.54. The summed E-state index contributed by atoms with van der Waals surface area (Å²) in [5.74, 6) is 1.46. The van der Waals surface area contributed by atoms with Gasteiger partial charge in [-0.15, -0.1) is 5.10 Å². The van der Waals surface area contributed by atoms with Crippen molar-refractivity contribution in [3.63, 3.8) is 0 Å². The Bertz CT molecular complexity index is 2300. The van der Waals surface area contributed by atoms with Crippen LogP contribution in [0.4, 0.5) is 0 Å². The highest BCUT2D eigenvalue weighted by atomic mass is 35.5. The van der Waals surface area contributed by atoms with Crippen molar-refractivity contribution in [2.24, 2.45) is 0 Å². The van der Waals surface area contributed by atoms with Gasteiger partial charge in [0, 0.05) is 5.56 Å². The van der Waals surface area contributed by atoms with Gasteiger partial charge in [-0.2, -0.15) is 0 Å². The van der Waals surface area contributed by atoms with Crippen LogP contribution >= 0.6 is 11.6 Å². The fourth-order valence-electron chi connectivity index (χ4n) is 5.74. The number of hydrogen-bond acceptors (Lipinski definition) is 8. The third kappa shape index (κ3) is 4.56. The molecule has 1 atom stereocenters. The summed E-state index contributed by atoms with van der Waals surface area (Å²) in [7, 11) is 1.58. The van der Waals surface area contributed by atoms with Crippen molar-refractivity contribution >= 4 is 28.2 Å². The molecule has 1 aliphatic rings. The Hall–Kier alpha value is -5.67. The number of ether oxygens (including phenoxy) is 3. The summed E-state index contributed by atoms with van der Waals surface area (Å²) >= 11 is 6.50. The predicted molar refractivity (Wildman–Crippen MR) is 168 cm³/mol. The number of hydrogen-bond donors (Lipinski definition) is 0. The molecule has 0 aliphatic carbocycles. The van der Waals surface area contributed by atoms with Crippen LogP contribution in [0.1, 0.15) is 28.2 Å². The van der Waals surface area contributed by atoms with Crippen LogP contribution in [0.2, 0.25) is 5.02 Å². The molecule has 0 saturated heterocycles. The van der Waals surface area contributed by atoms with Crippen LogP contribution < -0.4 is 19.8 Å². The van der Waals surface area contributed by atoms with E-state index in [-0.39, 0.29) is 0 Å². The molecule has 1 aliphatic heterocycles. The summed E-state index contributed by atoms with van der Waals surface area (Å²) in [5, 5.41) is 5.83. The minimum absolute atomic E-state index is 0.303. The van der Waals surface area contributed by atoms with E-state index in [1.54, 1.807) is 29.8 Å². The van der Waals surface area contributed by atoms with Gasteiger partial charge in [0.2, 0.25) is 5.88 Å². The van der Waals surface area contributed by atoms with E-state index in [9.17, 15) is 4.79 Å². The lowest BCUT2D eigenvalue weighted by atomic mass is 9.84. The number of nitrogens with zero attached hydrogens (tertiary/aromatic N) is 4. The molecule has 45 heavy (non-hydrogen) atoms. The molecule has 1 unspecified atom stereocenters. The average Bonchev–Trinajstić information content (AvgIpc) is 3.51. The quantitative estimate of drug-likeness (QED) is 0.178. The molecule has 0 fully saturated rings. The predicted octanol–water partition coefficient (Wildman–Crippen LogP) is 7.42. The zero-order valence-electron chi connectivity index (χ0n) is 23.8. The Morgan fingerprint density at radius 2 is 1.71 bits per heavy atom. The number of rotatable bonds is 6. The molecule has 0 N–H and O–H groups in total. The van der Waals surface area contributed by atoms with Crippen molar-refractivity contribution < 1.29 is 18.6 Å². The molecule has 220 valence electrons. The molecule has 0 radical (unpaired) electrons. The Morgan fingerprint density at radius 1 is 0.911 bits per heavy atom. The van der Waals surface area contributed by atoms with Gasteiger partial charge in [0.15, 0.2) is 28.7 Å². The molecule has 0 amide bonds. The highest BCUT2D eigenvalue weighted by Crippen LogP contribution is 2.50. The first-order chi connectivity index (χ1) is 22.1. The molecular weight excluding hydrogens is 592 g/mol. The standard InChI is InChI=1S/C35H23ClN4O5/c1-42-27-17-21(15-16-26(27)43-18-20-9-3-2-4-10-20)28-29-31(23-12-6-8-14-25(23)44-35(29)41)45-34-30(28)33-38-32(39-40(33)19-37-34)22-11-5-7-13-24(22)36/h2-17,19,28H,18H2,1H3. The maximum Gasteiger partial charge on any atom is 0.344 e. The van der Waals surface area contributed by atoms with Crippen LogP contribution in [0.25, 0.3) is 28.0 Å². The second-order valence-electron chi connectivity index (χ2n) is 10.5. The molecule has 4 aromatic carbocycles. The van der Waals surface area contributed by atoms with Crippen LogP contribution in [0.15, 0.2) is 113 Å². The fourth-order valence-corrected chi connectivity index (χ4v) is 5.96. The molecule has 0 saturated carbocycles. The fraction of sp³-hybridized carbons (Fsp3) is 0.0857. The maximum atomic E-state index is 13.8. The highest BCUT2D eigenvalue weighted by molar-refractivity contribution is 6.33. The summed E-state index contributed by atoms with van der Waals surface area (Å²) < 4.78 is 25.7. The first-order valence-electron chi connectivity index (χ1n) is 14.2. The number of benzene rings is 4. The topological polar surface area (TPSA) is 101 Å². The second-order valence-corrected chi connectivity index (χ2v) is 10.9. The molecule has 0 spiro atoms. The summed E-state index contributed by atoms with van der Waals surface area (Å²) in [6, 6.07) is 30.1. The Morgan fingerprint density at radius 3 is 2.56 bits per heavy atom. The average molecular weight is 615 g/mol. The van der Waals surface area contributed by atoms with Crippen LogP contribution in [0.5, 0.6) is 23.1 Å². The van der Waals surface area contributed by atoms with Gasteiger partial charge in [0.25, 0.3) is 0 Å². The van der Waals surface area contributed by atoms with Gasteiger partial charge in [-0.3, -0.25) is 0 Å². The number of fused-ring (bicyclic) bond motifs is 6. The van der Waals surface area contributed by atoms with Crippen molar-refractivity contribution in [1.29, 1.82) is 0 Å². The van der Waals surface area contributed by atoms with Crippen LogP contribution in [0, 0.1) is 0 Å². The zero-order valence-corrected chi connectivity index (χ0v) is 24.6. The minimum Gasteiger partial charge on any atom is -0.493 e. The van der Waals surface area contributed by atoms with E-state index in [2.05, 4.69) is 10.1 Å². The van der Waals surface area contributed by atoms with Crippen LogP contribution in [-0.2, 0) is 6.61 Å². The summed E-state index contributed by atoms with van der Waals surface area (Å²) in [4.78, 5) is 23.3. The Labute approximate surface area is 261 Å². The number of halogens is 1. The molecule has 10 heteroatoms. The summed E-state index contributed by atoms with van der Waals surface area (Å²) in [5.41, 5.74) is 3.63. The van der Waals surface area contributed by atoms with E-state index >= 15 is 0 Å². The van der Waals surface area contributed by atoms with E-state index in [1.807, 2.05) is 78.9 Å². The Kier molecular flexibility index (Phi) is 6.46. The smallest absolute Gasteiger partial charge is 0.344 e. The normalized spacial score (nSPS) is 13.7. The van der Waals surface area contributed by atoms with Crippen molar-refractivity contribution in [2.45, 2.75) is 12.5 Å². The second kappa shape index (κ2) is 10.8. The molecular formula is C35H23ClN4O5. The summed E-state index contributed by atoms with van der Waals surface area (Å²) in [6.45, 7) is 0.365. The maximum absolute atomic E-state index is 13.8. The van der Waals surface area contributed by atoms with E-state index < -0.39 is 11.5 Å². The van der Waals surface area contributed by atoms with Crippen LogP contribution in [-0.4, -0.2) is 26.7 Å². The monoisotopic (exact) mass is 614 g/mol. The van der Waals surface area contributed by atoms with E-state index in [0.717, 1.165) is 11.1 Å². The van der Waals surface area contributed by atoms with Crippen molar-refractivity contribution in [1.82, 2.24) is 19.6 Å². The largest absolute Gasteiger partial charge is 0.493 e. The molecule has 8 rings (SSSR count). The molecule has 4 heterocycles. The third-order valence-electron chi connectivity index (χ3n) is 7.83. The van der Waals surface area contributed by atoms with E-state index in [0.29, 0.717) is 73.9 Å². The van der Waals surface area contributed by atoms with Gasteiger partial charge < -0.3 is 18.6 Å². The van der Waals surface area contributed by atoms with Gasteiger partial charge in [-0.05, 0) is 47.5 Å². The first-order valence-corrected chi connectivity index (χ1v) is 14.6. The molecule has 0 bridgehead atoms. The van der Waals surface area contributed by atoms with Crippen molar-refractivity contribution in [3.8, 4) is 34.5 Å². The van der Waals surface area contributed by atoms with Gasteiger partial charge in [-0.1, -0.05) is 72.3 Å². The van der Waals surface area contributed by atoms with Crippen molar-refractivity contribution in [2.75, 3.05) is 7.11 Å². The highest BCUT2D eigenvalue weighted by Gasteiger charge is 2.38. The van der Waals surface area contributed by atoms with Gasteiger partial charge in [0.1, 0.15) is 18.5 Å². The van der Waals surface area contributed by atoms with Crippen molar-refractivity contribution in [3.05, 3.63) is 141 Å². The lowest BCUT2D eigenvalue weighted by molar-refractivity contribution is 0.284. The van der Waals surface area contributed by atoms with Gasteiger partial charge in [0.05, 0.1) is 34.6 Å². The number of methoxy groups -OCH3 is 1. The lowest BCUT2D eigenvalue weighted by Crippen LogP contribution is -2.22. The molecule has 9 nitrogen and oxygen atoms in total. The number of aromatic nitrogens is 4. The molecule has 3 aromatic heterocycles. The third-order valence-corrected chi connectivity index (χ3v) is 8.16. The van der Waals surface area contributed by atoms with Gasteiger partial charge >= 0.3 is 5.63 Å².